The zero-order valence-electron chi connectivity index (χ0n) is 35.1. The van der Waals surface area contributed by atoms with Gasteiger partial charge in [-0.1, -0.05) is 12.8 Å². The lowest BCUT2D eigenvalue weighted by atomic mass is 10.2. The first kappa shape index (κ1) is 50.6. The number of unbranched alkanes of at least 4 members (excludes halogenated alkanes) is 4. The second-order valence-electron chi connectivity index (χ2n) is 16.8. The van der Waals surface area contributed by atoms with E-state index in [4.69, 9.17) is 18.9 Å². The van der Waals surface area contributed by atoms with Crippen LogP contribution in [0.25, 0.3) is 0 Å². The summed E-state index contributed by atoms with van der Waals surface area (Å²) in [5, 5.41) is 12.3. The highest BCUT2D eigenvalue weighted by molar-refractivity contribution is 6.03. The van der Waals surface area contributed by atoms with Gasteiger partial charge in [0.05, 0.1) is 0 Å². The molecule has 1 unspecified atom stereocenters. The van der Waals surface area contributed by atoms with Crippen molar-refractivity contribution in [3.05, 3.63) is 0 Å². The van der Waals surface area contributed by atoms with Crippen molar-refractivity contribution < 1.29 is 52.1 Å². The second-order valence-corrected chi connectivity index (χ2v) is 16.8. The van der Waals surface area contributed by atoms with E-state index in [0.717, 1.165) is 0 Å². The summed E-state index contributed by atoms with van der Waals surface area (Å²) >= 11 is 0. The Morgan fingerprint density at radius 3 is 1.40 bits per heavy atom. The molecular formula is C37H68FN7O10. The third-order valence-electron chi connectivity index (χ3n) is 6.43. The standard InChI is InChI=1S/C37H68FN7O10/c1-34(2,3)52-30(48)42-23-19-25-45(33(51)55-37(10,11)12)24-18-17-21-40-28(47)26(38)27(46)39-20-15-13-14-16-22-41-29(43-31(49)53-35(4,5)6)44-32(50)54-36(7,8)9/h26H,13-25H2,1-12H3,(H,39,46)(H,40,47)(H,42,48)(H2,41,43,44,49,50). The Bertz CT molecular complexity index is 1240. The number of nitrogens with zero attached hydrogens (tertiary/aromatic N) is 2. The van der Waals surface area contributed by atoms with Crippen LogP contribution in [0.1, 0.15) is 128 Å². The van der Waals surface area contributed by atoms with Gasteiger partial charge in [0.1, 0.15) is 22.4 Å². The minimum Gasteiger partial charge on any atom is -0.444 e. The molecule has 0 aliphatic rings. The van der Waals surface area contributed by atoms with Crippen LogP contribution in [-0.4, -0.2) is 115 Å². The van der Waals surface area contributed by atoms with Crippen LogP contribution >= 0.6 is 0 Å². The molecule has 0 aromatic rings. The Kier molecular flexibility index (Phi) is 22.3. The van der Waals surface area contributed by atoms with Gasteiger partial charge in [0.25, 0.3) is 18.0 Å². The second kappa shape index (κ2) is 24.2. The van der Waals surface area contributed by atoms with E-state index in [9.17, 15) is 33.2 Å². The zero-order valence-corrected chi connectivity index (χ0v) is 35.1. The van der Waals surface area contributed by atoms with Crippen LogP contribution in [0.15, 0.2) is 4.99 Å². The fraction of sp³-hybridized carbons (Fsp3) is 0.811. The highest BCUT2D eigenvalue weighted by Gasteiger charge is 2.26. The molecule has 318 valence electrons. The Morgan fingerprint density at radius 1 is 0.527 bits per heavy atom. The van der Waals surface area contributed by atoms with E-state index in [1.165, 1.54) is 4.90 Å². The number of hydrogen-bond acceptors (Lipinski definition) is 11. The number of alkyl halides is 1. The topological polar surface area (TPSA) is 215 Å². The lowest BCUT2D eigenvalue weighted by Gasteiger charge is -2.27. The predicted octanol–water partition coefficient (Wildman–Crippen LogP) is 5.45. The molecule has 1 atom stereocenters. The van der Waals surface area contributed by atoms with Crippen LogP contribution in [0.5, 0.6) is 0 Å². The van der Waals surface area contributed by atoms with Crippen LogP contribution < -0.4 is 26.6 Å². The molecule has 0 aliphatic carbocycles. The number of alkyl carbamates (subject to hydrolysis) is 3. The number of nitrogens with one attached hydrogen (secondary N) is 5. The number of guanidine groups is 1. The zero-order chi connectivity index (χ0) is 42.5. The van der Waals surface area contributed by atoms with Gasteiger partial charge in [-0.3, -0.25) is 25.2 Å². The minimum atomic E-state index is -2.38. The molecule has 0 aromatic heterocycles. The molecule has 0 saturated carbocycles. The first-order chi connectivity index (χ1) is 25.2. The van der Waals surface area contributed by atoms with Gasteiger partial charge in [-0.25, -0.2) is 23.6 Å². The van der Waals surface area contributed by atoms with Crippen molar-refractivity contribution in [3.63, 3.8) is 0 Å². The fourth-order valence-electron chi connectivity index (χ4n) is 4.24. The van der Waals surface area contributed by atoms with Crippen molar-refractivity contribution in [2.24, 2.45) is 4.99 Å². The van der Waals surface area contributed by atoms with Gasteiger partial charge in [0, 0.05) is 39.3 Å². The quantitative estimate of drug-likeness (QED) is 0.0389. The maximum atomic E-state index is 14.5. The lowest BCUT2D eigenvalue weighted by molar-refractivity contribution is -0.136. The number of amides is 6. The molecule has 0 heterocycles. The van der Waals surface area contributed by atoms with Crippen molar-refractivity contribution in [2.45, 2.75) is 157 Å². The molecule has 6 amide bonds. The van der Waals surface area contributed by atoms with Crippen molar-refractivity contribution in [1.29, 1.82) is 0 Å². The van der Waals surface area contributed by atoms with Gasteiger partial charge < -0.3 is 39.8 Å². The number of ether oxygens (including phenoxy) is 4. The molecule has 18 heteroatoms. The van der Waals surface area contributed by atoms with E-state index in [1.807, 2.05) is 0 Å². The van der Waals surface area contributed by atoms with Gasteiger partial charge in [-0.05, 0) is 115 Å². The number of carbonyl (C=O) groups is 6. The van der Waals surface area contributed by atoms with Crippen molar-refractivity contribution in [3.8, 4) is 0 Å². The van der Waals surface area contributed by atoms with E-state index in [-0.39, 0.29) is 32.1 Å². The minimum absolute atomic E-state index is 0.0969. The molecule has 17 nitrogen and oxygen atoms in total. The Balaban J connectivity index is 4.60. The molecule has 55 heavy (non-hydrogen) atoms. The maximum absolute atomic E-state index is 14.5. The third-order valence-corrected chi connectivity index (χ3v) is 6.43. The highest BCUT2D eigenvalue weighted by atomic mass is 19.1. The number of hydrogen-bond donors (Lipinski definition) is 5. The number of carbonyl (C=O) groups excluding carboxylic acids is 6. The highest BCUT2D eigenvalue weighted by Crippen LogP contribution is 2.12. The van der Waals surface area contributed by atoms with Crippen LogP contribution in [0, 0.1) is 0 Å². The SMILES string of the molecule is CC(C)(C)OC(=O)NCCCN(CCCCNC(=O)C(F)C(=O)NCCCCCCN=C(NC(=O)OC(C)(C)C)NC(=O)OC(C)(C)C)C(=O)OC(C)(C)C. The Labute approximate surface area is 326 Å². The van der Waals surface area contributed by atoms with E-state index in [1.54, 1.807) is 83.1 Å². The smallest absolute Gasteiger partial charge is 0.414 e. The summed E-state index contributed by atoms with van der Waals surface area (Å²) in [4.78, 5) is 79.2. The number of aliphatic imine (C=N–C) groups is 1. The third kappa shape index (κ3) is 29.6. The number of rotatable bonds is 18. The van der Waals surface area contributed by atoms with Crippen LogP contribution in [0.4, 0.5) is 23.6 Å². The van der Waals surface area contributed by atoms with Crippen LogP contribution in [0.3, 0.4) is 0 Å². The molecule has 0 saturated heterocycles. The molecule has 0 aromatic carbocycles. The van der Waals surface area contributed by atoms with E-state index in [0.29, 0.717) is 58.0 Å². The summed E-state index contributed by atoms with van der Waals surface area (Å²) in [6.07, 6.45) is -1.25. The summed E-state index contributed by atoms with van der Waals surface area (Å²) in [7, 11) is 0. The fourth-order valence-corrected chi connectivity index (χ4v) is 4.24. The monoisotopic (exact) mass is 790 g/mol. The summed E-state index contributed by atoms with van der Waals surface area (Å²) < 4.78 is 35.6. The average molecular weight is 790 g/mol. The molecule has 0 spiro atoms. The first-order valence-electron chi connectivity index (χ1n) is 18.9. The first-order valence-corrected chi connectivity index (χ1v) is 18.9. The molecule has 0 bridgehead atoms. The normalized spacial score (nSPS) is 12.3. The molecule has 0 fully saturated rings. The van der Waals surface area contributed by atoms with Gasteiger partial charge in [-0.2, -0.15) is 0 Å². The van der Waals surface area contributed by atoms with Crippen molar-refractivity contribution in [2.75, 3.05) is 39.3 Å². The van der Waals surface area contributed by atoms with E-state index >= 15 is 0 Å². The van der Waals surface area contributed by atoms with Crippen LogP contribution in [-0.2, 0) is 28.5 Å². The Morgan fingerprint density at radius 2 is 0.927 bits per heavy atom. The summed E-state index contributed by atoms with van der Waals surface area (Å²) in [6, 6.07) is 0. The summed E-state index contributed by atoms with van der Waals surface area (Å²) in [5.41, 5.74) is -2.85. The number of halogens is 1. The molecule has 0 aliphatic heterocycles. The molecule has 0 radical (unpaired) electrons. The lowest BCUT2D eigenvalue weighted by Crippen LogP contribution is -2.47. The van der Waals surface area contributed by atoms with Gasteiger partial charge >= 0.3 is 24.4 Å². The van der Waals surface area contributed by atoms with Gasteiger partial charge in [-0.15, -0.1) is 0 Å². The predicted molar refractivity (Wildman–Crippen MR) is 206 cm³/mol. The van der Waals surface area contributed by atoms with Gasteiger partial charge in [0.15, 0.2) is 0 Å². The van der Waals surface area contributed by atoms with Crippen LogP contribution in [0.2, 0.25) is 0 Å². The van der Waals surface area contributed by atoms with E-state index < -0.39 is 64.8 Å². The molecular weight excluding hydrogens is 721 g/mol. The van der Waals surface area contributed by atoms with Gasteiger partial charge in [0.2, 0.25) is 5.96 Å². The van der Waals surface area contributed by atoms with E-state index in [2.05, 4.69) is 31.6 Å². The summed E-state index contributed by atoms with van der Waals surface area (Å²) in [5.74, 6) is -2.21. The summed E-state index contributed by atoms with van der Waals surface area (Å²) in [6.45, 7) is 22.1. The Hall–Kier alpha value is -4.38. The largest absolute Gasteiger partial charge is 0.444 e. The molecule has 0 rings (SSSR count). The maximum Gasteiger partial charge on any atom is 0.414 e. The average Bonchev–Trinajstić information content (AvgIpc) is 2.98. The van der Waals surface area contributed by atoms with Crippen molar-refractivity contribution >= 4 is 42.1 Å². The molecule has 5 N–H and O–H groups in total. The van der Waals surface area contributed by atoms with Crippen molar-refractivity contribution in [1.82, 2.24) is 31.5 Å².